The molecule has 0 spiro atoms. The van der Waals surface area contributed by atoms with Gasteiger partial charge in [-0.3, -0.25) is 4.79 Å². The summed E-state index contributed by atoms with van der Waals surface area (Å²) in [6.45, 7) is 12.9. The molecule has 0 bridgehead atoms. The molecule has 1 amide bonds. The lowest BCUT2D eigenvalue weighted by Gasteiger charge is -2.38. The predicted molar refractivity (Wildman–Crippen MR) is 103 cm³/mol. The van der Waals surface area contributed by atoms with Gasteiger partial charge < -0.3 is 14.7 Å². The van der Waals surface area contributed by atoms with E-state index in [9.17, 15) is 4.79 Å². The minimum absolute atomic E-state index is 0.344. The summed E-state index contributed by atoms with van der Waals surface area (Å²) >= 11 is 0. The third-order valence-electron chi connectivity index (χ3n) is 6.04. The average molecular weight is 344 g/mol. The Hall–Kier alpha value is -1.39. The van der Waals surface area contributed by atoms with Crippen LogP contribution in [-0.4, -0.2) is 73.0 Å². The van der Waals surface area contributed by atoms with Gasteiger partial charge in [-0.25, -0.2) is 0 Å². The van der Waals surface area contributed by atoms with Crippen LogP contribution in [0.5, 0.6) is 0 Å². The summed E-state index contributed by atoms with van der Waals surface area (Å²) in [6, 6.07) is 10.8. The number of amides is 1. The van der Waals surface area contributed by atoms with Crippen molar-refractivity contribution in [3.8, 4) is 0 Å². The number of hydrogen-bond acceptors (Lipinski definition) is 3. The molecule has 0 aromatic heterocycles. The van der Waals surface area contributed by atoms with Crippen molar-refractivity contribution in [1.29, 1.82) is 0 Å². The highest BCUT2D eigenvalue weighted by molar-refractivity contribution is 5.76. The van der Waals surface area contributed by atoms with Crippen LogP contribution in [0, 0.1) is 5.92 Å². The number of hydrogen-bond donors (Lipinski definition) is 0. The van der Waals surface area contributed by atoms with Gasteiger partial charge in [0.05, 0.1) is 0 Å². The van der Waals surface area contributed by atoms with Crippen LogP contribution in [0.2, 0.25) is 0 Å². The first-order valence-corrected chi connectivity index (χ1v) is 9.94. The predicted octanol–water partition coefficient (Wildman–Crippen LogP) is 2.67. The lowest BCUT2D eigenvalue weighted by molar-refractivity contribution is -0.133. The zero-order valence-electron chi connectivity index (χ0n) is 15.9. The molecule has 1 aromatic carbocycles. The minimum Gasteiger partial charge on any atom is -0.342 e. The molecule has 0 N–H and O–H groups in total. The molecule has 2 heterocycles. The number of likely N-dealkylation sites (tertiary alicyclic amines) is 1. The Balaban J connectivity index is 1.43. The smallest absolute Gasteiger partial charge is 0.223 e. The van der Waals surface area contributed by atoms with E-state index in [1.165, 1.54) is 5.56 Å². The molecule has 2 aliphatic heterocycles. The van der Waals surface area contributed by atoms with E-state index >= 15 is 0 Å². The van der Waals surface area contributed by atoms with Crippen molar-refractivity contribution in [2.45, 2.75) is 32.6 Å². The highest BCUT2D eigenvalue weighted by Gasteiger charge is 2.29. The topological polar surface area (TPSA) is 26.8 Å². The summed E-state index contributed by atoms with van der Waals surface area (Å²) in [7, 11) is 0. The van der Waals surface area contributed by atoms with Crippen LogP contribution in [0.3, 0.4) is 0 Å². The van der Waals surface area contributed by atoms with Crippen molar-refractivity contribution in [3.63, 3.8) is 0 Å². The Bertz CT molecular complexity index is 539. The second-order valence-corrected chi connectivity index (χ2v) is 7.65. The number of nitrogens with zero attached hydrogens (tertiary/aromatic N) is 3. The number of carbonyl (C=O) groups excluding carboxylic acids is 1. The number of carbonyl (C=O) groups is 1. The molecular formula is C21H33N3O. The maximum Gasteiger partial charge on any atom is 0.223 e. The molecule has 4 nitrogen and oxygen atoms in total. The van der Waals surface area contributed by atoms with Gasteiger partial charge in [-0.15, -0.1) is 0 Å². The summed E-state index contributed by atoms with van der Waals surface area (Å²) in [4.78, 5) is 19.7. The quantitative estimate of drug-likeness (QED) is 0.822. The lowest BCUT2D eigenvalue weighted by Crippen LogP contribution is -2.48. The van der Waals surface area contributed by atoms with E-state index in [4.69, 9.17) is 0 Å². The van der Waals surface area contributed by atoms with Gasteiger partial charge in [0.1, 0.15) is 0 Å². The Morgan fingerprint density at radius 3 is 2.36 bits per heavy atom. The van der Waals surface area contributed by atoms with Crippen molar-refractivity contribution in [3.05, 3.63) is 35.9 Å². The van der Waals surface area contributed by atoms with Crippen LogP contribution in [0.15, 0.2) is 30.3 Å². The zero-order valence-corrected chi connectivity index (χ0v) is 15.9. The Kier molecular flexibility index (Phi) is 6.49. The van der Waals surface area contributed by atoms with E-state index < -0.39 is 0 Å². The molecule has 4 heteroatoms. The monoisotopic (exact) mass is 343 g/mol. The average Bonchev–Trinajstić information content (AvgIpc) is 2.67. The highest BCUT2D eigenvalue weighted by Crippen LogP contribution is 2.32. The van der Waals surface area contributed by atoms with Gasteiger partial charge in [0.2, 0.25) is 5.91 Å². The molecule has 2 atom stereocenters. The Labute approximate surface area is 152 Å². The van der Waals surface area contributed by atoms with Crippen molar-refractivity contribution < 1.29 is 4.79 Å². The summed E-state index contributed by atoms with van der Waals surface area (Å²) in [5.74, 6) is 1.47. The van der Waals surface area contributed by atoms with Crippen molar-refractivity contribution in [2.75, 3.05) is 52.4 Å². The van der Waals surface area contributed by atoms with E-state index in [-0.39, 0.29) is 0 Å². The molecule has 1 aromatic rings. The lowest BCUT2D eigenvalue weighted by atomic mass is 9.81. The Morgan fingerprint density at radius 2 is 1.72 bits per heavy atom. The first-order chi connectivity index (χ1) is 12.2. The molecule has 0 radical (unpaired) electrons. The van der Waals surface area contributed by atoms with Gasteiger partial charge >= 0.3 is 0 Å². The molecular weight excluding hydrogens is 310 g/mol. The number of piperazine rings is 1. The molecule has 0 saturated carbocycles. The number of rotatable bonds is 5. The van der Waals surface area contributed by atoms with Gasteiger partial charge in [0.15, 0.2) is 0 Å². The summed E-state index contributed by atoms with van der Waals surface area (Å²) in [6.07, 6.45) is 1.76. The fourth-order valence-electron chi connectivity index (χ4n) is 4.31. The van der Waals surface area contributed by atoms with Crippen LogP contribution in [0.4, 0.5) is 0 Å². The second-order valence-electron chi connectivity index (χ2n) is 7.65. The number of likely N-dealkylation sites (N-methyl/N-ethyl adjacent to an activating group) is 1. The van der Waals surface area contributed by atoms with E-state index in [1.807, 2.05) is 0 Å². The fraction of sp³-hybridized carbons (Fsp3) is 0.667. The molecule has 138 valence electrons. The SMILES string of the molecule is CCN1CCN(CCC(=O)N2CC[C@H](c3ccccc3)[C@H](C)C2)CC1. The van der Waals surface area contributed by atoms with Gasteiger partial charge in [-0.1, -0.05) is 44.2 Å². The molecule has 0 unspecified atom stereocenters. The van der Waals surface area contributed by atoms with Crippen molar-refractivity contribution >= 4 is 5.91 Å². The molecule has 25 heavy (non-hydrogen) atoms. The largest absolute Gasteiger partial charge is 0.342 e. The third-order valence-corrected chi connectivity index (χ3v) is 6.04. The normalized spacial score (nSPS) is 25.9. The molecule has 0 aliphatic carbocycles. The third kappa shape index (κ3) is 4.83. The van der Waals surface area contributed by atoms with Crippen LogP contribution in [-0.2, 0) is 4.79 Å². The summed E-state index contributed by atoms with van der Waals surface area (Å²) in [5, 5.41) is 0. The van der Waals surface area contributed by atoms with Gasteiger partial charge in [-0.05, 0) is 30.4 Å². The van der Waals surface area contributed by atoms with Crippen molar-refractivity contribution in [2.24, 2.45) is 5.92 Å². The van der Waals surface area contributed by atoms with Gasteiger partial charge in [0.25, 0.3) is 0 Å². The first-order valence-electron chi connectivity index (χ1n) is 9.94. The van der Waals surface area contributed by atoms with Gasteiger partial charge in [0, 0.05) is 52.2 Å². The maximum atomic E-state index is 12.6. The number of benzene rings is 1. The second kappa shape index (κ2) is 8.81. The minimum atomic E-state index is 0.344. The van der Waals surface area contributed by atoms with Crippen molar-refractivity contribution in [1.82, 2.24) is 14.7 Å². The van der Waals surface area contributed by atoms with Crippen LogP contribution in [0.1, 0.15) is 38.2 Å². The molecule has 2 fully saturated rings. The molecule has 2 saturated heterocycles. The highest BCUT2D eigenvalue weighted by atomic mass is 16.2. The van der Waals surface area contributed by atoms with Gasteiger partial charge in [-0.2, -0.15) is 0 Å². The van der Waals surface area contributed by atoms with E-state index in [0.717, 1.165) is 58.8 Å². The Morgan fingerprint density at radius 1 is 1.04 bits per heavy atom. The van der Waals surface area contributed by atoms with Crippen LogP contribution < -0.4 is 0 Å². The fourth-order valence-corrected chi connectivity index (χ4v) is 4.31. The maximum absolute atomic E-state index is 12.6. The standard InChI is InChI=1S/C21H33N3O/c1-3-22-13-15-23(16-14-22)11-10-21(25)24-12-9-20(18(2)17-24)19-7-5-4-6-8-19/h4-8,18,20H,3,9-17H2,1-2H3/t18-,20+/m1/s1. The first kappa shape index (κ1) is 18.4. The van der Waals surface area contributed by atoms with E-state index in [2.05, 4.69) is 58.9 Å². The molecule has 3 rings (SSSR count). The summed E-state index contributed by atoms with van der Waals surface area (Å²) < 4.78 is 0. The van der Waals surface area contributed by atoms with Crippen LogP contribution in [0.25, 0.3) is 0 Å². The van der Waals surface area contributed by atoms with Crippen LogP contribution >= 0.6 is 0 Å². The van der Waals surface area contributed by atoms with E-state index in [0.29, 0.717) is 24.2 Å². The van der Waals surface area contributed by atoms with E-state index in [1.54, 1.807) is 0 Å². The molecule has 2 aliphatic rings. The zero-order chi connectivity index (χ0) is 17.6. The number of piperidine rings is 1. The summed E-state index contributed by atoms with van der Waals surface area (Å²) in [5.41, 5.74) is 1.43.